The molecule has 0 unspecified atom stereocenters. The van der Waals surface area contributed by atoms with Crippen LogP contribution in [0.4, 0.5) is 0 Å². The number of carbonyl (C=O) groups excluding carboxylic acids is 1. The van der Waals surface area contributed by atoms with Gasteiger partial charge in [0, 0.05) is 19.6 Å². The van der Waals surface area contributed by atoms with Crippen LogP contribution in [0, 0.1) is 11.3 Å². The van der Waals surface area contributed by atoms with Gasteiger partial charge in [0.1, 0.15) is 0 Å². The zero-order chi connectivity index (χ0) is 15.9. The molecule has 4 heteroatoms. The minimum Gasteiger partial charge on any atom is -0.340 e. The summed E-state index contributed by atoms with van der Waals surface area (Å²) in [5.41, 5.74) is 5.94. The highest BCUT2D eigenvalue weighted by Crippen LogP contribution is 2.19. The predicted octanol–water partition coefficient (Wildman–Crippen LogP) is 2.19. The van der Waals surface area contributed by atoms with Gasteiger partial charge >= 0.3 is 0 Å². The topological polar surface area (TPSA) is 49.6 Å². The molecule has 0 aliphatic carbocycles. The first-order chi connectivity index (χ1) is 9.13. The lowest BCUT2D eigenvalue weighted by molar-refractivity contribution is -0.135. The minimum atomic E-state index is -0.432. The van der Waals surface area contributed by atoms with Gasteiger partial charge < -0.3 is 15.5 Å². The Balaban J connectivity index is 4.75. The first-order valence-electron chi connectivity index (χ1n) is 7.90. The van der Waals surface area contributed by atoms with Gasteiger partial charge in [-0.05, 0) is 24.4 Å². The van der Waals surface area contributed by atoms with Gasteiger partial charge in [-0.2, -0.15) is 0 Å². The van der Waals surface area contributed by atoms with Crippen LogP contribution < -0.4 is 5.73 Å². The summed E-state index contributed by atoms with van der Waals surface area (Å²) in [5, 5.41) is 0. The molecule has 0 aromatic heterocycles. The molecule has 0 rings (SSSR count). The number of hydrogen-bond acceptors (Lipinski definition) is 3. The summed E-state index contributed by atoms with van der Waals surface area (Å²) in [4.78, 5) is 16.9. The van der Waals surface area contributed by atoms with Crippen molar-refractivity contribution in [2.24, 2.45) is 17.1 Å². The van der Waals surface area contributed by atoms with Crippen LogP contribution in [0.5, 0.6) is 0 Å². The molecule has 0 fully saturated rings. The maximum absolute atomic E-state index is 12.6. The molecule has 0 bridgehead atoms. The number of hydrogen-bond donors (Lipinski definition) is 1. The largest absolute Gasteiger partial charge is 0.340 e. The van der Waals surface area contributed by atoms with E-state index in [9.17, 15) is 4.79 Å². The van der Waals surface area contributed by atoms with Crippen molar-refractivity contribution in [2.75, 3.05) is 32.7 Å². The Morgan fingerprint density at radius 1 is 1.10 bits per heavy atom. The van der Waals surface area contributed by atoms with Gasteiger partial charge in [0.2, 0.25) is 5.91 Å². The van der Waals surface area contributed by atoms with E-state index in [0.717, 1.165) is 32.7 Å². The zero-order valence-electron chi connectivity index (χ0n) is 14.6. The monoisotopic (exact) mass is 285 g/mol. The highest BCUT2D eigenvalue weighted by molar-refractivity contribution is 5.82. The fourth-order valence-corrected chi connectivity index (χ4v) is 2.10. The Morgan fingerprint density at radius 2 is 1.60 bits per heavy atom. The molecule has 0 aromatic carbocycles. The second-order valence-electron chi connectivity index (χ2n) is 7.05. The highest BCUT2D eigenvalue weighted by atomic mass is 16.2. The standard InChI is InChI=1S/C16H35N3O/c1-8-18(9-2)10-11-19(12-13(3)4)15(20)14(17)16(5,6)7/h13-14H,8-12,17H2,1-7H3/t14-/m1/s1. The van der Waals surface area contributed by atoms with Gasteiger partial charge in [-0.3, -0.25) is 4.79 Å². The molecule has 0 radical (unpaired) electrons. The van der Waals surface area contributed by atoms with Crippen molar-refractivity contribution in [1.29, 1.82) is 0 Å². The van der Waals surface area contributed by atoms with Crippen LogP contribution in [0.25, 0.3) is 0 Å². The van der Waals surface area contributed by atoms with E-state index in [-0.39, 0.29) is 11.3 Å². The van der Waals surface area contributed by atoms with E-state index in [1.54, 1.807) is 0 Å². The number of nitrogens with two attached hydrogens (primary N) is 1. The number of rotatable bonds is 8. The molecule has 20 heavy (non-hydrogen) atoms. The lowest BCUT2D eigenvalue weighted by atomic mass is 9.86. The fraction of sp³-hybridized carbons (Fsp3) is 0.938. The molecule has 2 N–H and O–H groups in total. The van der Waals surface area contributed by atoms with Gasteiger partial charge in [0.05, 0.1) is 6.04 Å². The van der Waals surface area contributed by atoms with Crippen molar-refractivity contribution in [3.63, 3.8) is 0 Å². The molecule has 1 amide bonds. The van der Waals surface area contributed by atoms with E-state index >= 15 is 0 Å². The van der Waals surface area contributed by atoms with E-state index in [4.69, 9.17) is 5.73 Å². The molecule has 0 spiro atoms. The molecule has 0 aromatic rings. The van der Waals surface area contributed by atoms with Crippen LogP contribution in [-0.2, 0) is 4.79 Å². The lowest BCUT2D eigenvalue weighted by Crippen LogP contribution is -2.52. The number of nitrogens with zero attached hydrogens (tertiary/aromatic N) is 2. The number of amides is 1. The third-order valence-corrected chi connectivity index (χ3v) is 3.68. The van der Waals surface area contributed by atoms with Crippen molar-refractivity contribution >= 4 is 5.91 Å². The lowest BCUT2D eigenvalue weighted by Gasteiger charge is -2.34. The van der Waals surface area contributed by atoms with E-state index in [1.807, 2.05) is 25.7 Å². The molecule has 0 aliphatic rings. The molecule has 4 nitrogen and oxygen atoms in total. The number of carbonyl (C=O) groups is 1. The van der Waals surface area contributed by atoms with Crippen molar-refractivity contribution in [3.05, 3.63) is 0 Å². The summed E-state index contributed by atoms with van der Waals surface area (Å²) in [6.45, 7) is 19.2. The minimum absolute atomic E-state index is 0.0818. The van der Waals surface area contributed by atoms with Crippen molar-refractivity contribution < 1.29 is 4.79 Å². The van der Waals surface area contributed by atoms with Gasteiger partial charge in [-0.1, -0.05) is 48.5 Å². The van der Waals surface area contributed by atoms with E-state index in [0.29, 0.717) is 5.92 Å². The van der Waals surface area contributed by atoms with Crippen LogP contribution >= 0.6 is 0 Å². The molecule has 0 heterocycles. The van der Waals surface area contributed by atoms with Crippen LogP contribution in [0.3, 0.4) is 0 Å². The van der Waals surface area contributed by atoms with Gasteiger partial charge in [-0.15, -0.1) is 0 Å². The summed E-state index contributed by atoms with van der Waals surface area (Å²) >= 11 is 0. The van der Waals surface area contributed by atoms with Gasteiger partial charge in [0.15, 0.2) is 0 Å². The second-order valence-corrected chi connectivity index (χ2v) is 7.05. The fourth-order valence-electron chi connectivity index (χ4n) is 2.10. The first kappa shape index (κ1) is 19.4. The Hall–Kier alpha value is -0.610. The Labute approximate surface area is 125 Å². The van der Waals surface area contributed by atoms with Gasteiger partial charge in [-0.25, -0.2) is 0 Å². The van der Waals surface area contributed by atoms with Crippen LogP contribution in [0.2, 0.25) is 0 Å². The van der Waals surface area contributed by atoms with E-state index in [2.05, 4.69) is 32.6 Å². The number of likely N-dealkylation sites (N-methyl/N-ethyl adjacent to an activating group) is 1. The molecule has 0 saturated heterocycles. The summed E-state index contributed by atoms with van der Waals surface area (Å²) in [6, 6.07) is -0.432. The SMILES string of the molecule is CCN(CC)CCN(CC(C)C)C(=O)[C@@H](N)C(C)(C)C. The normalized spacial score (nSPS) is 13.9. The average molecular weight is 285 g/mol. The van der Waals surface area contributed by atoms with Crippen molar-refractivity contribution in [2.45, 2.75) is 54.5 Å². The molecule has 0 saturated carbocycles. The third-order valence-electron chi connectivity index (χ3n) is 3.68. The maximum atomic E-state index is 12.6. The van der Waals surface area contributed by atoms with Crippen LogP contribution in [0.15, 0.2) is 0 Å². The summed E-state index contributed by atoms with van der Waals surface area (Å²) in [6.07, 6.45) is 0. The second kappa shape index (κ2) is 8.63. The molecular formula is C16H35N3O. The third kappa shape index (κ3) is 6.71. The first-order valence-corrected chi connectivity index (χ1v) is 7.90. The Kier molecular flexibility index (Phi) is 8.36. The summed E-state index contributed by atoms with van der Waals surface area (Å²) < 4.78 is 0. The molecule has 0 aliphatic heterocycles. The smallest absolute Gasteiger partial charge is 0.240 e. The quantitative estimate of drug-likeness (QED) is 0.744. The molecular weight excluding hydrogens is 250 g/mol. The average Bonchev–Trinajstić information content (AvgIpc) is 2.35. The van der Waals surface area contributed by atoms with Crippen LogP contribution in [-0.4, -0.2) is 54.5 Å². The molecule has 120 valence electrons. The van der Waals surface area contributed by atoms with Crippen LogP contribution in [0.1, 0.15) is 48.5 Å². The van der Waals surface area contributed by atoms with E-state index in [1.165, 1.54) is 0 Å². The molecule has 1 atom stereocenters. The zero-order valence-corrected chi connectivity index (χ0v) is 14.6. The van der Waals surface area contributed by atoms with E-state index < -0.39 is 6.04 Å². The summed E-state index contributed by atoms with van der Waals surface area (Å²) in [7, 11) is 0. The van der Waals surface area contributed by atoms with Crippen molar-refractivity contribution in [3.8, 4) is 0 Å². The Bertz CT molecular complexity index is 280. The summed E-state index contributed by atoms with van der Waals surface area (Å²) in [5.74, 6) is 0.543. The van der Waals surface area contributed by atoms with Crippen molar-refractivity contribution in [1.82, 2.24) is 9.80 Å². The van der Waals surface area contributed by atoms with Gasteiger partial charge in [0.25, 0.3) is 0 Å². The Morgan fingerprint density at radius 3 is 1.95 bits per heavy atom. The predicted molar refractivity (Wildman–Crippen MR) is 86.6 cm³/mol. The maximum Gasteiger partial charge on any atom is 0.240 e. The highest BCUT2D eigenvalue weighted by Gasteiger charge is 2.31.